The maximum atomic E-state index is 11.3. The first kappa shape index (κ1) is 13.8. The van der Waals surface area contributed by atoms with Crippen LogP contribution in [0.2, 0.25) is 0 Å². The van der Waals surface area contributed by atoms with Crippen LogP contribution in [0.1, 0.15) is 5.82 Å². The molecule has 18 heavy (non-hydrogen) atoms. The molecule has 0 aliphatic rings. The van der Waals surface area contributed by atoms with Crippen molar-refractivity contribution in [2.75, 3.05) is 6.61 Å². The lowest BCUT2D eigenvalue weighted by molar-refractivity contribution is -0.139. The van der Waals surface area contributed by atoms with Crippen molar-refractivity contribution in [1.82, 2.24) is 14.9 Å². The third-order valence-corrected chi connectivity index (χ3v) is 2.23. The minimum absolute atomic E-state index is 0.0284. The van der Waals surface area contributed by atoms with E-state index >= 15 is 0 Å². The fourth-order valence-corrected chi connectivity index (χ4v) is 1.29. The molecule has 98 valence electrons. The molecule has 1 heterocycles. The van der Waals surface area contributed by atoms with Gasteiger partial charge in [0.1, 0.15) is 18.5 Å². The van der Waals surface area contributed by atoms with E-state index < -0.39 is 18.1 Å². The first-order valence-electron chi connectivity index (χ1n) is 5.27. The van der Waals surface area contributed by atoms with E-state index in [9.17, 15) is 9.59 Å². The number of hydrogen-bond acceptors (Lipinski definition) is 4. The van der Waals surface area contributed by atoms with Crippen molar-refractivity contribution >= 4 is 12.1 Å². The number of amides is 1. The molecule has 0 fully saturated rings. The van der Waals surface area contributed by atoms with E-state index in [0.29, 0.717) is 5.82 Å². The largest absolute Gasteiger partial charge is 0.480 e. The van der Waals surface area contributed by atoms with E-state index in [1.165, 1.54) is 6.08 Å². The molecular weight excluding hydrogens is 238 g/mol. The molecule has 1 atom stereocenters. The van der Waals surface area contributed by atoms with Crippen molar-refractivity contribution in [3.63, 3.8) is 0 Å². The van der Waals surface area contributed by atoms with Gasteiger partial charge >= 0.3 is 12.1 Å². The molecule has 0 radical (unpaired) electrons. The number of nitrogens with zero attached hydrogens (tertiary/aromatic N) is 2. The quantitative estimate of drug-likeness (QED) is 0.712. The minimum atomic E-state index is -1.14. The van der Waals surface area contributed by atoms with E-state index in [1.54, 1.807) is 24.0 Å². The number of nitrogens with one attached hydrogen (secondary N) is 1. The molecule has 0 aromatic carbocycles. The predicted molar refractivity (Wildman–Crippen MR) is 63.0 cm³/mol. The van der Waals surface area contributed by atoms with Crippen LogP contribution < -0.4 is 5.32 Å². The van der Waals surface area contributed by atoms with Crippen LogP contribution in [-0.4, -0.2) is 39.4 Å². The lowest BCUT2D eigenvalue weighted by Crippen LogP contribution is -2.43. The number of carboxylic acid groups (broad SMARTS) is 1. The van der Waals surface area contributed by atoms with Gasteiger partial charge in [0, 0.05) is 25.9 Å². The molecule has 0 aliphatic carbocycles. The smallest absolute Gasteiger partial charge is 0.408 e. The fraction of sp³-hybridized carbons (Fsp3) is 0.364. The van der Waals surface area contributed by atoms with Gasteiger partial charge in [0.2, 0.25) is 0 Å². The normalized spacial score (nSPS) is 11.6. The predicted octanol–water partition coefficient (Wildman–Crippen LogP) is 0.328. The molecule has 1 rings (SSSR count). The summed E-state index contributed by atoms with van der Waals surface area (Å²) in [5.74, 6) is -0.583. The Morgan fingerprint density at radius 1 is 1.72 bits per heavy atom. The molecule has 0 saturated heterocycles. The van der Waals surface area contributed by atoms with Gasteiger partial charge in [-0.1, -0.05) is 12.7 Å². The molecule has 0 saturated carbocycles. The summed E-state index contributed by atoms with van der Waals surface area (Å²) in [6.45, 7) is 3.41. The highest BCUT2D eigenvalue weighted by molar-refractivity contribution is 5.80. The number of hydrogen-bond donors (Lipinski definition) is 2. The summed E-state index contributed by atoms with van der Waals surface area (Å²) < 4.78 is 6.35. The molecule has 0 bridgehead atoms. The van der Waals surface area contributed by atoms with E-state index in [2.05, 4.69) is 21.6 Å². The van der Waals surface area contributed by atoms with Gasteiger partial charge in [0.15, 0.2) is 0 Å². The molecule has 1 aromatic heterocycles. The number of aryl methyl sites for hydroxylation is 1. The lowest BCUT2D eigenvalue weighted by atomic mass is 10.2. The van der Waals surface area contributed by atoms with Gasteiger partial charge in [-0.15, -0.1) is 0 Å². The van der Waals surface area contributed by atoms with Crippen LogP contribution in [0, 0.1) is 0 Å². The first-order valence-corrected chi connectivity index (χ1v) is 5.27. The molecule has 1 aromatic rings. The second-order valence-electron chi connectivity index (χ2n) is 3.58. The van der Waals surface area contributed by atoms with Gasteiger partial charge < -0.3 is 19.7 Å². The topological polar surface area (TPSA) is 93.5 Å². The Morgan fingerprint density at radius 3 is 2.94 bits per heavy atom. The van der Waals surface area contributed by atoms with Crippen LogP contribution in [0.4, 0.5) is 4.79 Å². The average molecular weight is 253 g/mol. The number of ether oxygens (including phenoxy) is 1. The Bertz CT molecular complexity index is 441. The second-order valence-corrected chi connectivity index (χ2v) is 3.58. The SMILES string of the molecule is C=CCOC(=O)NC(Cc1nccn1C)C(=O)O. The van der Waals surface area contributed by atoms with Crippen LogP contribution in [0.5, 0.6) is 0 Å². The molecule has 7 heteroatoms. The van der Waals surface area contributed by atoms with Crippen molar-refractivity contribution in [2.45, 2.75) is 12.5 Å². The number of carbonyl (C=O) groups excluding carboxylic acids is 1. The molecular formula is C11H15N3O4. The fourth-order valence-electron chi connectivity index (χ4n) is 1.29. The standard InChI is InChI=1S/C11H15N3O4/c1-3-6-18-11(17)13-8(10(15)16)7-9-12-4-5-14(9)2/h3-5,8H,1,6-7H2,2H3,(H,13,17)(H,15,16). The Kier molecular flexibility index (Phi) is 4.91. The highest BCUT2D eigenvalue weighted by atomic mass is 16.5. The Hall–Kier alpha value is -2.31. The van der Waals surface area contributed by atoms with Crippen molar-refractivity contribution in [1.29, 1.82) is 0 Å². The summed E-state index contributed by atoms with van der Waals surface area (Å²) in [7, 11) is 1.75. The van der Waals surface area contributed by atoms with Gasteiger partial charge in [0.25, 0.3) is 0 Å². The minimum Gasteiger partial charge on any atom is -0.480 e. The summed E-state index contributed by atoms with van der Waals surface area (Å²) in [5, 5.41) is 11.3. The first-order chi connectivity index (χ1) is 8.54. The highest BCUT2D eigenvalue weighted by Gasteiger charge is 2.22. The number of carboxylic acids is 1. The van der Waals surface area contributed by atoms with Gasteiger partial charge in [0.05, 0.1) is 0 Å². The maximum Gasteiger partial charge on any atom is 0.408 e. The van der Waals surface area contributed by atoms with Crippen LogP contribution in [0.15, 0.2) is 25.0 Å². The van der Waals surface area contributed by atoms with Crippen molar-refractivity contribution in [3.05, 3.63) is 30.9 Å². The highest BCUT2D eigenvalue weighted by Crippen LogP contribution is 2.01. The van der Waals surface area contributed by atoms with Gasteiger partial charge in [-0.25, -0.2) is 14.6 Å². The molecule has 2 N–H and O–H groups in total. The summed E-state index contributed by atoms with van der Waals surface area (Å²) in [6.07, 6.45) is 3.95. The summed E-state index contributed by atoms with van der Waals surface area (Å²) in [4.78, 5) is 26.3. The number of aliphatic carboxylic acids is 1. The van der Waals surface area contributed by atoms with Crippen LogP contribution in [0.3, 0.4) is 0 Å². The Labute approximate surface area is 104 Å². The summed E-state index contributed by atoms with van der Waals surface area (Å²) in [6, 6.07) is -1.08. The van der Waals surface area contributed by atoms with E-state index in [1.807, 2.05) is 0 Å². The zero-order valence-corrected chi connectivity index (χ0v) is 10.00. The Balaban J connectivity index is 2.61. The van der Waals surface area contributed by atoms with Crippen molar-refractivity contribution in [3.8, 4) is 0 Å². The number of carbonyl (C=O) groups is 2. The molecule has 0 aliphatic heterocycles. The maximum absolute atomic E-state index is 11.3. The van der Waals surface area contributed by atoms with Crippen LogP contribution >= 0.6 is 0 Å². The van der Waals surface area contributed by atoms with Crippen LogP contribution in [0.25, 0.3) is 0 Å². The van der Waals surface area contributed by atoms with E-state index in [0.717, 1.165) is 0 Å². The monoisotopic (exact) mass is 253 g/mol. The number of aromatic nitrogens is 2. The third-order valence-electron chi connectivity index (χ3n) is 2.23. The zero-order chi connectivity index (χ0) is 13.5. The van der Waals surface area contributed by atoms with Gasteiger partial charge in [-0.2, -0.15) is 0 Å². The second kappa shape index (κ2) is 6.43. The lowest BCUT2D eigenvalue weighted by Gasteiger charge is -2.13. The zero-order valence-electron chi connectivity index (χ0n) is 10.00. The molecule has 1 amide bonds. The van der Waals surface area contributed by atoms with Crippen molar-refractivity contribution in [2.24, 2.45) is 7.05 Å². The number of imidazole rings is 1. The summed E-state index contributed by atoms with van der Waals surface area (Å²) in [5.41, 5.74) is 0. The average Bonchev–Trinajstić information content (AvgIpc) is 2.71. The van der Waals surface area contributed by atoms with Gasteiger partial charge in [-0.3, -0.25) is 0 Å². The number of alkyl carbamates (subject to hydrolysis) is 1. The molecule has 0 spiro atoms. The number of rotatable bonds is 6. The third kappa shape index (κ3) is 3.93. The van der Waals surface area contributed by atoms with Crippen LogP contribution in [-0.2, 0) is 23.0 Å². The molecule has 7 nitrogen and oxygen atoms in total. The van der Waals surface area contributed by atoms with Crippen molar-refractivity contribution < 1.29 is 19.4 Å². The molecule has 1 unspecified atom stereocenters. The van der Waals surface area contributed by atoms with Gasteiger partial charge in [-0.05, 0) is 0 Å². The summed E-state index contributed by atoms with van der Waals surface area (Å²) >= 11 is 0. The Morgan fingerprint density at radius 2 is 2.44 bits per heavy atom. The van der Waals surface area contributed by atoms with E-state index in [4.69, 9.17) is 5.11 Å². The van der Waals surface area contributed by atoms with E-state index in [-0.39, 0.29) is 13.0 Å².